The molecule has 2 aliphatic rings. The van der Waals surface area contributed by atoms with Gasteiger partial charge >= 0.3 is 0 Å². The van der Waals surface area contributed by atoms with Crippen molar-refractivity contribution in [3.8, 4) is 0 Å². The van der Waals surface area contributed by atoms with Crippen molar-refractivity contribution in [2.75, 3.05) is 11.9 Å². The van der Waals surface area contributed by atoms with Gasteiger partial charge < -0.3 is 15.3 Å². The quantitative estimate of drug-likeness (QED) is 0.560. The smallest absolute Gasteiger partial charge is 0.275 e. The topological polar surface area (TPSA) is 120 Å². The van der Waals surface area contributed by atoms with Crippen molar-refractivity contribution in [3.63, 3.8) is 0 Å². The molecule has 1 saturated carbocycles. The van der Waals surface area contributed by atoms with Gasteiger partial charge in [-0.05, 0) is 11.6 Å². The molecule has 0 bridgehead atoms. The number of rotatable bonds is 4. The van der Waals surface area contributed by atoms with Gasteiger partial charge in [-0.25, -0.2) is 23.1 Å². The Labute approximate surface area is 180 Å². The second-order valence-corrected chi connectivity index (χ2v) is 8.15. The molecule has 1 saturated heterocycles. The Bertz CT molecular complexity index is 1160. The summed E-state index contributed by atoms with van der Waals surface area (Å²) in [6, 6.07) is -0.0737. The molecule has 0 radical (unpaired) electrons. The number of amides is 1. The van der Waals surface area contributed by atoms with Crippen molar-refractivity contribution in [1.29, 1.82) is 0 Å². The fourth-order valence-corrected chi connectivity index (χ4v) is 4.48. The number of hydrogen-bond donors (Lipinski definition) is 3. The SMILES string of the molecule is O=C(c1n[nH]c2ncnc(N[C@@H]3C[C@@H](F)C[C@H]3O)c12)N1C[C@@H](F)C[C@@H]1c1cncc(F)c1. The van der Waals surface area contributed by atoms with Crippen molar-refractivity contribution in [2.24, 2.45) is 0 Å². The number of aliphatic hydroxyl groups is 1. The van der Waals surface area contributed by atoms with Gasteiger partial charge in [0.1, 0.15) is 30.3 Å². The van der Waals surface area contributed by atoms with E-state index < -0.39 is 42.3 Å². The molecule has 3 aromatic heterocycles. The van der Waals surface area contributed by atoms with Crippen LogP contribution in [0.25, 0.3) is 11.0 Å². The summed E-state index contributed by atoms with van der Waals surface area (Å²) in [5.41, 5.74) is 0.599. The van der Waals surface area contributed by atoms with Crippen LogP contribution in [0.1, 0.15) is 41.4 Å². The van der Waals surface area contributed by atoms with Gasteiger partial charge in [0, 0.05) is 25.5 Å². The lowest BCUT2D eigenvalue weighted by atomic mass is 10.1. The van der Waals surface area contributed by atoms with E-state index in [2.05, 4.69) is 30.5 Å². The van der Waals surface area contributed by atoms with E-state index in [1.807, 2.05) is 0 Å². The van der Waals surface area contributed by atoms with Crippen LogP contribution in [0.5, 0.6) is 0 Å². The fraction of sp³-hybridized carbons (Fsp3) is 0.450. The molecule has 32 heavy (non-hydrogen) atoms. The van der Waals surface area contributed by atoms with Crippen LogP contribution in [0.15, 0.2) is 24.8 Å². The third-order valence-corrected chi connectivity index (χ3v) is 5.98. The molecule has 5 atom stereocenters. The summed E-state index contributed by atoms with van der Waals surface area (Å²) in [5, 5.41) is 20.1. The molecule has 4 heterocycles. The summed E-state index contributed by atoms with van der Waals surface area (Å²) < 4.78 is 41.7. The highest BCUT2D eigenvalue weighted by atomic mass is 19.1. The van der Waals surface area contributed by atoms with Crippen LogP contribution in [0.2, 0.25) is 0 Å². The number of aromatic nitrogens is 5. The van der Waals surface area contributed by atoms with Crippen LogP contribution >= 0.6 is 0 Å². The van der Waals surface area contributed by atoms with Gasteiger partial charge in [-0.15, -0.1) is 0 Å². The van der Waals surface area contributed by atoms with Crippen molar-refractivity contribution in [3.05, 3.63) is 41.9 Å². The van der Waals surface area contributed by atoms with E-state index in [1.165, 1.54) is 23.5 Å². The number of aromatic amines is 1. The Kier molecular flexibility index (Phi) is 5.16. The molecule has 3 aromatic rings. The predicted molar refractivity (Wildman–Crippen MR) is 107 cm³/mol. The molecule has 9 nitrogen and oxygen atoms in total. The molecule has 1 aliphatic carbocycles. The second-order valence-electron chi connectivity index (χ2n) is 8.15. The molecule has 3 N–H and O–H groups in total. The minimum absolute atomic E-state index is 0.00694. The van der Waals surface area contributed by atoms with Gasteiger partial charge in [0.05, 0.1) is 36.3 Å². The fourth-order valence-electron chi connectivity index (χ4n) is 4.48. The molecule has 0 unspecified atom stereocenters. The first kappa shape index (κ1) is 20.6. The van der Waals surface area contributed by atoms with E-state index in [1.54, 1.807) is 0 Å². The maximum absolute atomic E-state index is 14.3. The van der Waals surface area contributed by atoms with Crippen molar-refractivity contribution >= 4 is 22.8 Å². The van der Waals surface area contributed by atoms with Gasteiger partial charge in [-0.1, -0.05) is 0 Å². The van der Waals surface area contributed by atoms with E-state index in [0.29, 0.717) is 5.56 Å². The number of carbonyl (C=O) groups is 1. The average Bonchev–Trinajstić information content (AvgIpc) is 3.45. The van der Waals surface area contributed by atoms with Gasteiger partial charge in [-0.3, -0.25) is 14.9 Å². The highest BCUT2D eigenvalue weighted by Gasteiger charge is 2.39. The zero-order chi connectivity index (χ0) is 22.4. The van der Waals surface area contributed by atoms with Gasteiger partial charge in [0.25, 0.3) is 5.91 Å². The van der Waals surface area contributed by atoms with Crippen LogP contribution in [-0.4, -0.2) is 72.1 Å². The first-order chi connectivity index (χ1) is 15.4. The van der Waals surface area contributed by atoms with Crippen LogP contribution in [-0.2, 0) is 0 Å². The molecule has 1 aliphatic heterocycles. The standard InChI is InChI=1S/C20H20F3N7O2/c21-10-2-13(15(31)4-10)27-18-16-17(28-29-19(16)26-8-25-18)20(32)30-7-12(23)3-14(30)9-1-11(22)6-24-5-9/h1,5-6,8,10,12-15,31H,2-4,7H2,(H2,25,26,27,28,29)/t10-,12+,13-,14-,15-/m1/s1. The number of fused-ring (bicyclic) bond motifs is 1. The van der Waals surface area contributed by atoms with E-state index in [9.17, 15) is 23.1 Å². The number of hydrogen-bond acceptors (Lipinski definition) is 7. The second kappa shape index (κ2) is 8.01. The lowest BCUT2D eigenvalue weighted by Crippen LogP contribution is -2.32. The number of halogens is 3. The highest BCUT2D eigenvalue weighted by molar-refractivity contribution is 6.07. The van der Waals surface area contributed by atoms with Gasteiger partial charge in [-0.2, -0.15) is 5.10 Å². The Balaban J connectivity index is 1.49. The minimum Gasteiger partial charge on any atom is -0.391 e. The van der Waals surface area contributed by atoms with Gasteiger partial charge in [0.15, 0.2) is 11.3 Å². The molecule has 1 amide bonds. The first-order valence-corrected chi connectivity index (χ1v) is 10.2. The lowest BCUT2D eigenvalue weighted by Gasteiger charge is -2.24. The molecular formula is C20H20F3N7O2. The summed E-state index contributed by atoms with van der Waals surface area (Å²) in [4.78, 5) is 26.7. The van der Waals surface area contributed by atoms with Crippen LogP contribution in [0.4, 0.5) is 19.0 Å². The molecular weight excluding hydrogens is 427 g/mol. The summed E-state index contributed by atoms with van der Waals surface area (Å²) in [6.07, 6.45) is 0.464. The van der Waals surface area contributed by atoms with Crippen LogP contribution in [0.3, 0.4) is 0 Å². The number of aliphatic hydroxyl groups excluding tert-OH is 1. The van der Waals surface area contributed by atoms with Crippen molar-refractivity contribution in [2.45, 2.75) is 49.8 Å². The normalized spacial score (nSPS) is 27.9. The molecule has 2 fully saturated rings. The zero-order valence-electron chi connectivity index (χ0n) is 16.8. The number of likely N-dealkylation sites (tertiary alicyclic amines) is 1. The summed E-state index contributed by atoms with van der Waals surface area (Å²) in [7, 11) is 0. The Morgan fingerprint density at radius 1 is 1.19 bits per heavy atom. The lowest BCUT2D eigenvalue weighted by molar-refractivity contribution is 0.0724. The van der Waals surface area contributed by atoms with Crippen LogP contribution < -0.4 is 5.32 Å². The molecule has 0 spiro atoms. The number of nitrogens with one attached hydrogen (secondary N) is 2. The van der Waals surface area contributed by atoms with Crippen LogP contribution in [0, 0.1) is 5.82 Å². The number of alkyl halides is 2. The third-order valence-electron chi connectivity index (χ3n) is 5.98. The number of H-pyrrole nitrogens is 1. The first-order valence-electron chi connectivity index (χ1n) is 10.2. The summed E-state index contributed by atoms with van der Waals surface area (Å²) in [5.74, 6) is -0.951. The minimum atomic E-state index is -1.29. The molecule has 0 aromatic carbocycles. The Hall–Kier alpha value is -3.28. The van der Waals surface area contributed by atoms with Crippen molar-refractivity contribution in [1.82, 2.24) is 30.0 Å². The maximum atomic E-state index is 14.3. The third kappa shape index (κ3) is 3.64. The molecule has 12 heteroatoms. The van der Waals surface area contributed by atoms with E-state index >= 15 is 0 Å². The number of pyridine rings is 1. The van der Waals surface area contributed by atoms with E-state index in [0.717, 1.165) is 6.20 Å². The largest absolute Gasteiger partial charge is 0.391 e. The van der Waals surface area contributed by atoms with E-state index in [4.69, 9.17) is 0 Å². The summed E-state index contributed by atoms with van der Waals surface area (Å²) >= 11 is 0. The Morgan fingerprint density at radius 2 is 2.03 bits per heavy atom. The highest BCUT2D eigenvalue weighted by Crippen LogP contribution is 2.36. The van der Waals surface area contributed by atoms with E-state index in [-0.39, 0.29) is 48.4 Å². The number of anilines is 1. The maximum Gasteiger partial charge on any atom is 0.275 e. The summed E-state index contributed by atoms with van der Waals surface area (Å²) in [6.45, 7) is -0.185. The predicted octanol–water partition coefficient (Wildman–Crippen LogP) is 2.09. The monoisotopic (exact) mass is 447 g/mol. The number of nitrogens with zero attached hydrogens (tertiary/aromatic N) is 5. The number of carbonyl (C=O) groups excluding carboxylic acids is 1. The zero-order valence-corrected chi connectivity index (χ0v) is 16.8. The molecule has 168 valence electrons. The van der Waals surface area contributed by atoms with Gasteiger partial charge in [0.2, 0.25) is 0 Å². The Morgan fingerprint density at radius 3 is 2.78 bits per heavy atom. The average molecular weight is 447 g/mol. The molecule has 5 rings (SSSR count). The van der Waals surface area contributed by atoms with Crippen molar-refractivity contribution < 1.29 is 23.1 Å².